The maximum Gasteiger partial charge on any atom is 0.241 e. The number of rotatable bonds is 7. The van der Waals surface area contributed by atoms with Crippen LogP contribution >= 0.6 is 0 Å². The Hall–Kier alpha value is -3.63. The van der Waals surface area contributed by atoms with Crippen LogP contribution < -0.4 is 16.0 Å². The molecule has 1 aromatic carbocycles. The Morgan fingerprint density at radius 3 is 2.75 bits per heavy atom. The van der Waals surface area contributed by atoms with Gasteiger partial charge in [-0.05, 0) is 18.2 Å². The van der Waals surface area contributed by atoms with Gasteiger partial charge in [0.25, 0.3) is 0 Å². The Morgan fingerprint density at radius 2 is 1.96 bits per heavy atom. The molecule has 0 aliphatic heterocycles. The number of nitrogens with one attached hydrogen (secondary N) is 3. The minimum absolute atomic E-state index is 0.0609. The van der Waals surface area contributed by atoms with Crippen molar-refractivity contribution in [2.45, 2.75) is 13.1 Å². The molecule has 0 saturated carbocycles. The molecule has 0 unspecified atom stereocenters. The van der Waals surface area contributed by atoms with Gasteiger partial charge in [-0.25, -0.2) is 18.2 Å². The fourth-order valence-corrected chi connectivity index (χ4v) is 2.30. The molecule has 3 rings (SSSR count). The normalized spacial score (nSPS) is 10.6. The molecule has 3 aromatic rings. The molecule has 0 aliphatic carbocycles. The highest BCUT2D eigenvalue weighted by Gasteiger charge is 2.14. The minimum atomic E-state index is -1.25. The van der Waals surface area contributed by atoms with Crippen LogP contribution in [0.5, 0.6) is 0 Å². The molecule has 0 radical (unpaired) electrons. The van der Waals surface area contributed by atoms with Crippen LogP contribution in [0.3, 0.4) is 0 Å². The van der Waals surface area contributed by atoms with E-state index in [0.29, 0.717) is 5.69 Å². The lowest BCUT2D eigenvalue weighted by molar-refractivity contribution is -0.121. The highest BCUT2D eigenvalue weighted by atomic mass is 19.2. The smallest absolute Gasteiger partial charge is 0.241 e. The summed E-state index contributed by atoms with van der Waals surface area (Å²) in [6, 6.07) is 3.08. The number of halogens is 3. The summed E-state index contributed by atoms with van der Waals surface area (Å²) in [5, 5.41) is 12.1. The minimum Gasteiger partial charge on any atom is -0.366 e. The zero-order chi connectivity index (χ0) is 20.1. The largest absolute Gasteiger partial charge is 0.366 e. The quantitative estimate of drug-likeness (QED) is 0.535. The van der Waals surface area contributed by atoms with E-state index in [1.54, 1.807) is 6.20 Å². The number of hydrogen-bond acceptors (Lipinski definition) is 6. The van der Waals surface area contributed by atoms with Crippen LogP contribution in [-0.4, -0.2) is 32.7 Å². The van der Waals surface area contributed by atoms with Gasteiger partial charge >= 0.3 is 0 Å². The monoisotopic (exact) mass is 391 g/mol. The molecule has 11 heteroatoms. The van der Waals surface area contributed by atoms with E-state index < -0.39 is 23.0 Å². The third-order valence-corrected chi connectivity index (χ3v) is 3.71. The number of nitrogens with zero attached hydrogens (tertiary/aromatic N) is 4. The lowest BCUT2D eigenvalue weighted by atomic mass is 10.2. The zero-order valence-corrected chi connectivity index (χ0v) is 14.7. The topological polar surface area (TPSA) is 96.8 Å². The van der Waals surface area contributed by atoms with Crippen molar-refractivity contribution in [3.63, 3.8) is 0 Å². The maximum atomic E-state index is 13.7. The molecule has 0 saturated heterocycles. The Labute approximate surface area is 157 Å². The predicted octanol–water partition coefficient (Wildman–Crippen LogP) is 2.19. The van der Waals surface area contributed by atoms with Crippen molar-refractivity contribution in [1.29, 1.82) is 0 Å². The van der Waals surface area contributed by atoms with Crippen molar-refractivity contribution in [2.75, 3.05) is 17.7 Å². The second-order valence-electron chi connectivity index (χ2n) is 5.67. The van der Waals surface area contributed by atoms with Crippen molar-refractivity contribution < 1.29 is 18.0 Å². The molecule has 0 aliphatic rings. The zero-order valence-electron chi connectivity index (χ0n) is 14.7. The van der Waals surface area contributed by atoms with E-state index in [9.17, 15) is 18.0 Å². The maximum absolute atomic E-state index is 13.7. The molecule has 2 aromatic heterocycles. The van der Waals surface area contributed by atoms with Gasteiger partial charge in [-0.15, -0.1) is 0 Å². The number of carbonyl (C=O) groups excluding carboxylic acids is 1. The second-order valence-corrected chi connectivity index (χ2v) is 5.67. The Kier molecular flexibility index (Phi) is 5.72. The summed E-state index contributed by atoms with van der Waals surface area (Å²) in [6.07, 6.45) is 4.52. The molecule has 0 fully saturated rings. The summed E-state index contributed by atoms with van der Waals surface area (Å²) < 4.78 is 42.1. The van der Waals surface area contributed by atoms with Crippen molar-refractivity contribution in [3.05, 3.63) is 59.8 Å². The third-order valence-electron chi connectivity index (χ3n) is 3.71. The first-order valence-corrected chi connectivity index (χ1v) is 8.15. The summed E-state index contributed by atoms with van der Waals surface area (Å²) in [4.78, 5) is 19.6. The van der Waals surface area contributed by atoms with Gasteiger partial charge in [0, 0.05) is 31.5 Å². The van der Waals surface area contributed by atoms with Crippen molar-refractivity contribution in [1.82, 2.24) is 25.1 Å². The van der Waals surface area contributed by atoms with E-state index in [0.717, 1.165) is 12.1 Å². The van der Waals surface area contributed by atoms with Gasteiger partial charge in [0.05, 0.1) is 11.9 Å². The first-order chi connectivity index (χ1) is 13.5. The number of benzene rings is 1. The predicted molar refractivity (Wildman–Crippen MR) is 95.3 cm³/mol. The summed E-state index contributed by atoms with van der Waals surface area (Å²) in [6.45, 7) is -0.235. The van der Waals surface area contributed by atoms with Gasteiger partial charge in [-0.1, -0.05) is 0 Å². The number of anilines is 3. The number of amides is 1. The van der Waals surface area contributed by atoms with Crippen LogP contribution in [0.15, 0.2) is 36.8 Å². The van der Waals surface area contributed by atoms with Crippen molar-refractivity contribution >= 4 is 23.4 Å². The lowest BCUT2D eigenvalue weighted by Crippen LogP contribution is -2.23. The molecular weight excluding hydrogens is 375 g/mol. The first kappa shape index (κ1) is 19.1. The van der Waals surface area contributed by atoms with Gasteiger partial charge in [0.15, 0.2) is 11.6 Å². The van der Waals surface area contributed by atoms with E-state index in [-0.39, 0.29) is 30.8 Å². The summed E-state index contributed by atoms with van der Waals surface area (Å²) in [5.41, 5.74) is 0.117. The third kappa shape index (κ3) is 4.55. The van der Waals surface area contributed by atoms with Crippen LogP contribution in [-0.2, 0) is 17.9 Å². The summed E-state index contributed by atoms with van der Waals surface area (Å²) in [7, 11) is 1.53. The Bertz CT molecular complexity index is 993. The number of likely N-dealkylation sites (N-methyl/N-ethyl adjacent to an activating group) is 1. The first-order valence-electron chi connectivity index (χ1n) is 8.15. The van der Waals surface area contributed by atoms with Crippen molar-refractivity contribution in [2.24, 2.45) is 0 Å². The molecular formula is C17H16F3N7O. The van der Waals surface area contributed by atoms with Crippen LogP contribution in [0.4, 0.5) is 30.6 Å². The van der Waals surface area contributed by atoms with Crippen LogP contribution in [0.2, 0.25) is 0 Å². The average Bonchev–Trinajstić information content (AvgIpc) is 3.11. The van der Waals surface area contributed by atoms with E-state index in [1.165, 1.54) is 30.2 Å². The molecule has 0 atom stereocenters. The molecule has 146 valence electrons. The fourth-order valence-electron chi connectivity index (χ4n) is 2.30. The van der Waals surface area contributed by atoms with Gasteiger partial charge < -0.3 is 16.0 Å². The van der Waals surface area contributed by atoms with Crippen LogP contribution in [0, 0.1) is 17.5 Å². The summed E-state index contributed by atoms with van der Waals surface area (Å²) >= 11 is 0. The van der Waals surface area contributed by atoms with E-state index in [1.807, 2.05) is 0 Å². The van der Waals surface area contributed by atoms with Crippen LogP contribution in [0.25, 0.3) is 0 Å². The number of aromatic nitrogens is 4. The molecule has 1 amide bonds. The highest BCUT2D eigenvalue weighted by Crippen LogP contribution is 2.18. The fraction of sp³-hybridized carbons (Fsp3) is 0.176. The standard InChI is InChI=1S/C17H16F3N7O/c1-21-15(28)9-27-8-10(6-24-27)25-17-22-5-4-14(26-17)23-7-11-12(18)2-3-13(19)16(11)20/h2-6,8H,7,9H2,1H3,(H,21,28)(H2,22,23,25,26). The number of hydrogen-bond donors (Lipinski definition) is 3. The lowest BCUT2D eigenvalue weighted by Gasteiger charge is -2.09. The molecule has 3 N–H and O–H groups in total. The molecule has 8 nitrogen and oxygen atoms in total. The van der Waals surface area contributed by atoms with E-state index in [2.05, 4.69) is 31.0 Å². The Morgan fingerprint density at radius 1 is 1.18 bits per heavy atom. The van der Waals surface area contributed by atoms with Gasteiger partial charge in [0.2, 0.25) is 11.9 Å². The molecule has 28 heavy (non-hydrogen) atoms. The SMILES string of the molecule is CNC(=O)Cn1cc(Nc2nccc(NCc3c(F)ccc(F)c3F)n2)cn1. The van der Waals surface area contributed by atoms with E-state index in [4.69, 9.17) is 0 Å². The Balaban J connectivity index is 1.66. The summed E-state index contributed by atoms with van der Waals surface area (Å²) in [5.74, 6) is -2.96. The van der Waals surface area contributed by atoms with Gasteiger partial charge in [-0.3, -0.25) is 9.48 Å². The van der Waals surface area contributed by atoms with Crippen LogP contribution in [0.1, 0.15) is 5.56 Å². The van der Waals surface area contributed by atoms with Gasteiger partial charge in [0.1, 0.15) is 18.2 Å². The highest BCUT2D eigenvalue weighted by molar-refractivity contribution is 5.75. The second kappa shape index (κ2) is 8.37. The molecule has 2 heterocycles. The van der Waals surface area contributed by atoms with E-state index >= 15 is 0 Å². The number of carbonyl (C=O) groups is 1. The van der Waals surface area contributed by atoms with Crippen molar-refractivity contribution in [3.8, 4) is 0 Å². The molecule has 0 bridgehead atoms. The van der Waals surface area contributed by atoms with Gasteiger partial charge in [-0.2, -0.15) is 10.1 Å². The average molecular weight is 391 g/mol. The molecule has 0 spiro atoms.